The summed E-state index contributed by atoms with van der Waals surface area (Å²) >= 11 is 3.38. The van der Waals surface area contributed by atoms with Gasteiger partial charge in [-0.2, -0.15) is 0 Å². The maximum atomic E-state index is 8.55. The molecule has 6 heteroatoms. The van der Waals surface area contributed by atoms with Crippen molar-refractivity contribution in [3.05, 3.63) is 22.3 Å². The molecule has 0 aliphatic rings. The first-order valence-electron chi connectivity index (χ1n) is 5.27. The van der Waals surface area contributed by atoms with Crippen LogP contribution in [0.4, 0.5) is 5.82 Å². The molecule has 0 aliphatic heterocycles. The Kier molecular flexibility index (Phi) is 4.74. The third-order valence-electron chi connectivity index (χ3n) is 2.65. The predicted octanol–water partition coefficient (Wildman–Crippen LogP) is 2.11. The monoisotopic (exact) mass is 300 g/mol. The van der Waals surface area contributed by atoms with Crippen LogP contribution in [0.5, 0.6) is 0 Å². The van der Waals surface area contributed by atoms with Gasteiger partial charge in [-0.05, 0) is 41.4 Å². The van der Waals surface area contributed by atoms with E-state index in [-0.39, 0.29) is 11.9 Å². The van der Waals surface area contributed by atoms with Gasteiger partial charge in [0, 0.05) is 30.2 Å². The van der Waals surface area contributed by atoms with E-state index in [1.807, 2.05) is 31.9 Å². The van der Waals surface area contributed by atoms with E-state index in [0.29, 0.717) is 6.42 Å². The van der Waals surface area contributed by atoms with Gasteiger partial charge in [-0.3, -0.25) is 0 Å². The maximum absolute atomic E-state index is 8.55. The number of pyridine rings is 1. The fraction of sp³-hybridized carbons (Fsp3) is 0.455. The molecular weight excluding hydrogens is 284 g/mol. The Bertz CT molecular complexity index is 422. The van der Waals surface area contributed by atoms with Crippen molar-refractivity contribution >= 4 is 27.6 Å². The first-order chi connectivity index (χ1) is 7.95. The Morgan fingerprint density at radius 1 is 1.71 bits per heavy atom. The second-order valence-corrected chi connectivity index (χ2v) is 4.97. The van der Waals surface area contributed by atoms with E-state index in [1.165, 1.54) is 0 Å². The van der Waals surface area contributed by atoms with Gasteiger partial charge in [-0.25, -0.2) is 4.98 Å². The highest BCUT2D eigenvalue weighted by Crippen LogP contribution is 2.21. The summed E-state index contributed by atoms with van der Waals surface area (Å²) in [4.78, 5) is 6.38. The van der Waals surface area contributed by atoms with Crippen LogP contribution in [0.15, 0.2) is 21.9 Å². The summed E-state index contributed by atoms with van der Waals surface area (Å²) in [7, 11) is 1.94. The molecular formula is C11H17BrN4O. The third-order valence-corrected chi connectivity index (χ3v) is 3.08. The van der Waals surface area contributed by atoms with Gasteiger partial charge in [-0.1, -0.05) is 5.16 Å². The molecule has 5 nitrogen and oxygen atoms in total. The number of amidine groups is 1. The summed E-state index contributed by atoms with van der Waals surface area (Å²) in [6.45, 7) is 4.00. The van der Waals surface area contributed by atoms with Gasteiger partial charge in [0.05, 0.1) is 0 Å². The molecule has 0 saturated carbocycles. The number of halogens is 1. The number of aromatic nitrogens is 1. The standard InChI is InChI=1S/C11H17BrN4O/c1-7-4-9(12)6-14-11(7)16(3)8(2)5-10(13)15-17/h4,6,8,17H,5H2,1-3H3,(H2,13,15). The van der Waals surface area contributed by atoms with Gasteiger partial charge < -0.3 is 15.8 Å². The van der Waals surface area contributed by atoms with Crippen LogP contribution in [-0.2, 0) is 0 Å². The largest absolute Gasteiger partial charge is 0.409 e. The minimum absolute atomic E-state index is 0.110. The smallest absolute Gasteiger partial charge is 0.141 e. The molecule has 0 spiro atoms. The zero-order valence-corrected chi connectivity index (χ0v) is 11.8. The van der Waals surface area contributed by atoms with Crippen molar-refractivity contribution in [2.45, 2.75) is 26.3 Å². The molecule has 1 aromatic rings. The molecule has 0 radical (unpaired) electrons. The lowest BCUT2D eigenvalue weighted by molar-refractivity contribution is 0.316. The summed E-state index contributed by atoms with van der Waals surface area (Å²) in [5.74, 6) is 1.12. The van der Waals surface area contributed by atoms with E-state index < -0.39 is 0 Å². The Balaban J connectivity index is 2.85. The van der Waals surface area contributed by atoms with E-state index in [1.54, 1.807) is 6.20 Å². The molecule has 94 valence electrons. The van der Waals surface area contributed by atoms with Gasteiger partial charge in [0.2, 0.25) is 0 Å². The number of oxime groups is 1. The van der Waals surface area contributed by atoms with Crippen LogP contribution in [-0.4, -0.2) is 29.1 Å². The number of nitrogens with two attached hydrogens (primary N) is 1. The summed E-state index contributed by atoms with van der Waals surface area (Å²) in [5, 5.41) is 11.5. The number of nitrogens with zero attached hydrogens (tertiary/aromatic N) is 3. The van der Waals surface area contributed by atoms with Gasteiger partial charge in [0.1, 0.15) is 11.7 Å². The number of aryl methyl sites for hydroxylation is 1. The van der Waals surface area contributed by atoms with Crippen LogP contribution in [0.1, 0.15) is 18.9 Å². The van der Waals surface area contributed by atoms with Crippen molar-refractivity contribution in [3.63, 3.8) is 0 Å². The normalized spacial score (nSPS) is 13.5. The number of anilines is 1. The van der Waals surface area contributed by atoms with E-state index in [0.717, 1.165) is 15.9 Å². The second-order valence-electron chi connectivity index (χ2n) is 4.05. The molecule has 0 fully saturated rings. The zero-order chi connectivity index (χ0) is 13.0. The molecule has 1 rings (SSSR count). The Labute approximate surface area is 109 Å². The lowest BCUT2D eigenvalue weighted by Crippen LogP contribution is -2.34. The van der Waals surface area contributed by atoms with Crippen LogP contribution < -0.4 is 10.6 Å². The quantitative estimate of drug-likeness (QED) is 0.386. The molecule has 1 aromatic heterocycles. The fourth-order valence-electron chi connectivity index (χ4n) is 1.59. The van der Waals surface area contributed by atoms with Crippen molar-refractivity contribution in [3.8, 4) is 0 Å². The second kappa shape index (κ2) is 5.86. The summed E-state index contributed by atoms with van der Waals surface area (Å²) in [5.41, 5.74) is 6.57. The lowest BCUT2D eigenvalue weighted by Gasteiger charge is -2.26. The first-order valence-corrected chi connectivity index (χ1v) is 6.06. The topological polar surface area (TPSA) is 74.7 Å². The minimum Gasteiger partial charge on any atom is -0.409 e. The van der Waals surface area contributed by atoms with Crippen molar-refractivity contribution in [1.29, 1.82) is 0 Å². The molecule has 0 aliphatic carbocycles. The van der Waals surface area contributed by atoms with Crippen molar-refractivity contribution in [2.75, 3.05) is 11.9 Å². The van der Waals surface area contributed by atoms with Crippen LogP contribution in [0.2, 0.25) is 0 Å². The van der Waals surface area contributed by atoms with Gasteiger partial charge in [0.25, 0.3) is 0 Å². The fourth-order valence-corrected chi connectivity index (χ4v) is 2.04. The highest BCUT2D eigenvalue weighted by Gasteiger charge is 2.15. The van der Waals surface area contributed by atoms with Crippen LogP contribution in [0.3, 0.4) is 0 Å². The average molecular weight is 301 g/mol. The van der Waals surface area contributed by atoms with Crippen molar-refractivity contribution in [2.24, 2.45) is 10.9 Å². The summed E-state index contributed by atoms with van der Waals surface area (Å²) in [6.07, 6.45) is 2.25. The molecule has 0 saturated heterocycles. The molecule has 1 atom stereocenters. The van der Waals surface area contributed by atoms with E-state index in [2.05, 4.69) is 26.1 Å². The molecule has 0 bridgehead atoms. The molecule has 1 unspecified atom stereocenters. The number of rotatable bonds is 4. The summed E-state index contributed by atoms with van der Waals surface area (Å²) < 4.78 is 0.955. The molecule has 0 amide bonds. The third kappa shape index (κ3) is 3.59. The van der Waals surface area contributed by atoms with Crippen LogP contribution >= 0.6 is 15.9 Å². The highest BCUT2D eigenvalue weighted by molar-refractivity contribution is 9.10. The molecule has 17 heavy (non-hydrogen) atoms. The molecule has 0 aromatic carbocycles. The van der Waals surface area contributed by atoms with Gasteiger partial charge in [0.15, 0.2) is 0 Å². The van der Waals surface area contributed by atoms with Crippen molar-refractivity contribution in [1.82, 2.24) is 4.98 Å². The minimum atomic E-state index is 0.110. The Hall–Kier alpha value is -1.30. The maximum Gasteiger partial charge on any atom is 0.141 e. The van der Waals surface area contributed by atoms with Crippen molar-refractivity contribution < 1.29 is 5.21 Å². The van der Waals surface area contributed by atoms with E-state index >= 15 is 0 Å². The highest BCUT2D eigenvalue weighted by atomic mass is 79.9. The van der Waals surface area contributed by atoms with Gasteiger partial charge >= 0.3 is 0 Å². The van der Waals surface area contributed by atoms with E-state index in [4.69, 9.17) is 10.9 Å². The van der Waals surface area contributed by atoms with Crippen LogP contribution in [0.25, 0.3) is 0 Å². The predicted molar refractivity (Wildman–Crippen MR) is 72.6 cm³/mol. The molecule has 3 N–H and O–H groups in total. The van der Waals surface area contributed by atoms with E-state index in [9.17, 15) is 0 Å². The number of hydrogen-bond acceptors (Lipinski definition) is 4. The lowest BCUT2D eigenvalue weighted by atomic mass is 10.2. The zero-order valence-electron chi connectivity index (χ0n) is 10.2. The molecule has 1 heterocycles. The number of hydrogen-bond donors (Lipinski definition) is 2. The SMILES string of the molecule is Cc1cc(Br)cnc1N(C)C(C)CC(N)=NO. The Morgan fingerprint density at radius 3 is 2.88 bits per heavy atom. The first kappa shape index (κ1) is 13.8. The summed E-state index contributed by atoms with van der Waals surface area (Å²) in [6, 6.07) is 2.12. The average Bonchev–Trinajstić information content (AvgIpc) is 2.28. The van der Waals surface area contributed by atoms with Crippen LogP contribution in [0, 0.1) is 6.92 Å². The van der Waals surface area contributed by atoms with Gasteiger partial charge in [-0.15, -0.1) is 0 Å². The Morgan fingerprint density at radius 2 is 2.35 bits per heavy atom.